The van der Waals surface area contributed by atoms with E-state index >= 15 is 0 Å². The van der Waals surface area contributed by atoms with Crippen LogP contribution >= 0.6 is 0 Å². The molecule has 0 radical (unpaired) electrons. The highest BCUT2D eigenvalue weighted by molar-refractivity contribution is 7.90. The lowest BCUT2D eigenvalue weighted by Crippen LogP contribution is -2.47. The third-order valence-electron chi connectivity index (χ3n) is 5.27. The fourth-order valence-corrected chi connectivity index (χ4v) is 4.13. The second-order valence-electron chi connectivity index (χ2n) is 7.67. The van der Waals surface area contributed by atoms with Crippen molar-refractivity contribution in [3.63, 3.8) is 0 Å². The summed E-state index contributed by atoms with van der Waals surface area (Å²) in [5.41, 5.74) is 0.353. The van der Waals surface area contributed by atoms with Gasteiger partial charge in [0, 0.05) is 38.2 Å². The summed E-state index contributed by atoms with van der Waals surface area (Å²) < 4.78 is 34.6. The fourth-order valence-electron chi connectivity index (χ4n) is 3.50. The molecule has 0 spiro atoms. The maximum absolute atomic E-state index is 11.9. The zero-order chi connectivity index (χ0) is 23.2. The standard InChI is InChI=1S/C20H29N5O6S/c1-3-30-13-12-24-10-8-17(9-11-24)31-19-14-20(25(26)27,22-15-21-19)23-16-4-6-18(7-5-16)32(2,28)29/h4-7,14-15,17,23H,3,8-13H2,1-2H3,(H,21,22). The van der Waals surface area contributed by atoms with Gasteiger partial charge < -0.3 is 19.7 Å². The first-order valence-corrected chi connectivity index (χ1v) is 12.3. The van der Waals surface area contributed by atoms with Crippen molar-refractivity contribution < 1.29 is 22.8 Å². The third kappa shape index (κ3) is 6.17. The topological polar surface area (TPSA) is 135 Å². The molecule has 2 heterocycles. The molecule has 2 aliphatic heterocycles. The molecule has 11 nitrogen and oxygen atoms in total. The van der Waals surface area contributed by atoms with Crippen LogP contribution in [0.15, 0.2) is 46.1 Å². The highest BCUT2D eigenvalue weighted by Gasteiger charge is 2.43. The number of hydrogen-bond donors (Lipinski definition) is 2. The molecule has 1 fully saturated rings. The fraction of sp³-hybridized carbons (Fsp3) is 0.550. The summed E-state index contributed by atoms with van der Waals surface area (Å²) in [6.45, 7) is 5.98. The van der Waals surface area contributed by atoms with Gasteiger partial charge in [-0.25, -0.2) is 8.42 Å². The van der Waals surface area contributed by atoms with Gasteiger partial charge in [-0.1, -0.05) is 0 Å². The van der Waals surface area contributed by atoms with Crippen molar-refractivity contribution >= 4 is 21.9 Å². The van der Waals surface area contributed by atoms with Crippen LogP contribution in [-0.2, 0) is 19.3 Å². The predicted octanol–water partition coefficient (Wildman–Crippen LogP) is 1.42. The summed E-state index contributed by atoms with van der Waals surface area (Å²) >= 11 is 0. The molecular weight excluding hydrogens is 438 g/mol. The van der Waals surface area contributed by atoms with Crippen LogP contribution in [0.25, 0.3) is 0 Å². The van der Waals surface area contributed by atoms with Crippen LogP contribution in [0.3, 0.4) is 0 Å². The molecule has 176 valence electrons. The number of rotatable bonds is 10. The van der Waals surface area contributed by atoms with E-state index in [1.165, 1.54) is 36.7 Å². The van der Waals surface area contributed by atoms with Crippen LogP contribution in [0, 0.1) is 10.1 Å². The van der Waals surface area contributed by atoms with Gasteiger partial charge in [0.15, 0.2) is 15.7 Å². The number of nitrogens with one attached hydrogen (secondary N) is 2. The van der Waals surface area contributed by atoms with Crippen molar-refractivity contribution in [3.8, 4) is 0 Å². The molecule has 1 aromatic carbocycles. The number of benzene rings is 1. The molecule has 0 amide bonds. The molecule has 0 saturated carbocycles. The first-order chi connectivity index (χ1) is 15.2. The van der Waals surface area contributed by atoms with E-state index in [0.717, 1.165) is 38.7 Å². The van der Waals surface area contributed by atoms with Crippen LogP contribution in [0.4, 0.5) is 5.69 Å². The second kappa shape index (κ2) is 10.3. The predicted molar refractivity (Wildman–Crippen MR) is 120 cm³/mol. The normalized spacial score (nSPS) is 22.1. The van der Waals surface area contributed by atoms with Crippen LogP contribution in [0.1, 0.15) is 19.8 Å². The number of sulfone groups is 1. The van der Waals surface area contributed by atoms with Crippen molar-refractivity contribution in [2.75, 3.05) is 44.4 Å². The van der Waals surface area contributed by atoms with E-state index in [4.69, 9.17) is 9.47 Å². The molecule has 2 N–H and O–H groups in total. The quantitative estimate of drug-likeness (QED) is 0.227. The smallest absolute Gasteiger partial charge is 0.419 e. The molecule has 0 aromatic heterocycles. The monoisotopic (exact) mass is 467 g/mol. The Kier molecular flexibility index (Phi) is 7.69. The minimum atomic E-state index is -3.36. The van der Waals surface area contributed by atoms with E-state index in [9.17, 15) is 18.5 Å². The van der Waals surface area contributed by atoms with E-state index in [2.05, 4.69) is 20.5 Å². The Morgan fingerprint density at radius 2 is 2.00 bits per heavy atom. The van der Waals surface area contributed by atoms with Crippen LogP contribution in [-0.4, -0.2) is 75.6 Å². The summed E-state index contributed by atoms with van der Waals surface area (Å²) in [7, 11) is -3.36. The molecule has 1 unspecified atom stereocenters. The molecule has 2 aliphatic rings. The zero-order valence-corrected chi connectivity index (χ0v) is 19.0. The van der Waals surface area contributed by atoms with Gasteiger partial charge >= 0.3 is 5.79 Å². The largest absolute Gasteiger partial charge is 0.475 e. The zero-order valence-electron chi connectivity index (χ0n) is 18.2. The minimum Gasteiger partial charge on any atom is -0.475 e. The molecule has 0 aliphatic carbocycles. The van der Waals surface area contributed by atoms with Crippen LogP contribution in [0.5, 0.6) is 0 Å². The number of hydrogen-bond acceptors (Lipinski definition) is 10. The second-order valence-corrected chi connectivity index (χ2v) is 9.69. The van der Waals surface area contributed by atoms with Crippen molar-refractivity contribution in [2.24, 2.45) is 4.99 Å². The molecule has 1 saturated heterocycles. The Morgan fingerprint density at radius 3 is 2.59 bits per heavy atom. The Balaban J connectivity index is 1.65. The van der Waals surface area contributed by atoms with Gasteiger partial charge in [-0.2, -0.15) is 4.99 Å². The first kappa shape index (κ1) is 24.0. The van der Waals surface area contributed by atoms with E-state index < -0.39 is 20.5 Å². The molecule has 12 heteroatoms. The molecule has 0 bridgehead atoms. The van der Waals surface area contributed by atoms with Crippen molar-refractivity contribution in [1.29, 1.82) is 0 Å². The third-order valence-corrected chi connectivity index (χ3v) is 6.40. The summed E-state index contributed by atoms with van der Waals surface area (Å²) in [4.78, 5) is 17.8. The van der Waals surface area contributed by atoms with Crippen molar-refractivity contribution in [1.82, 2.24) is 10.2 Å². The van der Waals surface area contributed by atoms with E-state index in [1.807, 2.05) is 6.92 Å². The highest BCUT2D eigenvalue weighted by atomic mass is 32.2. The number of likely N-dealkylation sites (tertiary alicyclic amines) is 1. The van der Waals surface area contributed by atoms with Crippen molar-refractivity contribution in [2.45, 2.75) is 36.6 Å². The average molecular weight is 468 g/mol. The average Bonchev–Trinajstić information content (AvgIpc) is 2.75. The molecule has 32 heavy (non-hydrogen) atoms. The van der Waals surface area contributed by atoms with Gasteiger partial charge in [0.2, 0.25) is 0 Å². The van der Waals surface area contributed by atoms with Crippen LogP contribution in [0.2, 0.25) is 0 Å². The maximum atomic E-state index is 11.9. The lowest BCUT2D eigenvalue weighted by atomic mass is 10.1. The first-order valence-electron chi connectivity index (χ1n) is 10.4. The number of aliphatic imine (C=N–C) groups is 1. The van der Waals surface area contributed by atoms with Gasteiger partial charge in [0.25, 0.3) is 0 Å². The van der Waals surface area contributed by atoms with Gasteiger partial charge in [-0.05, 0) is 44.0 Å². The lowest BCUT2D eigenvalue weighted by Gasteiger charge is -2.33. The maximum Gasteiger partial charge on any atom is 0.419 e. The van der Waals surface area contributed by atoms with Gasteiger partial charge in [-0.3, -0.25) is 15.4 Å². The number of piperidine rings is 1. The minimum absolute atomic E-state index is 0.0675. The lowest BCUT2D eigenvalue weighted by molar-refractivity contribution is -0.545. The Hall–Kier alpha value is -2.70. The molecule has 1 aromatic rings. The number of nitro groups is 1. The number of ether oxygens (including phenoxy) is 2. The summed E-state index contributed by atoms with van der Waals surface area (Å²) in [5, 5.41) is 17.5. The summed E-state index contributed by atoms with van der Waals surface area (Å²) in [5.74, 6) is -1.71. The van der Waals surface area contributed by atoms with E-state index in [1.54, 1.807) is 0 Å². The Bertz CT molecular complexity index is 957. The Labute approximate surface area is 187 Å². The van der Waals surface area contributed by atoms with Gasteiger partial charge in [0.1, 0.15) is 12.2 Å². The van der Waals surface area contributed by atoms with E-state index in [-0.39, 0.29) is 16.9 Å². The van der Waals surface area contributed by atoms with Crippen molar-refractivity contribution in [3.05, 3.63) is 46.3 Å². The number of nitrogens with zero attached hydrogens (tertiary/aromatic N) is 3. The molecular formula is C20H29N5O6S. The SMILES string of the molecule is CCOCCN1CCC(OC2=CC(Nc3ccc(S(C)(=O)=O)cc3)([N+](=O)[O-])N=CN2)CC1. The Morgan fingerprint density at radius 1 is 1.31 bits per heavy atom. The highest BCUT2D eigenvalue weighted by Crippen LogP contribution is 2.25. The van der Waals surface area contributed by atoms with Gasteiger partial charge in [-0.15, -0.1) is 0 Å². The number of anilines is 1. The molecule has 3 rings (SSSR count). The van der Waals surface area contributed by atoms with E-state index in [0.29, 0.717) is 18.9 Å². The van der Waals surface area contributed by atoms with Gasteiger partial charge in [0.05, 0.1) is 22.8 Å². The van der Waals surface area contributed by atoms with Crippen LogP contribution < -0.4 is 10.6 Å². The molecule has 1 atom stereocenters. The summed E-state index contributed by atoms with van der Waals surface area (Å²) in [6.07, 6.45) is 5.15. The summed E-state index contributed by atoms with van der Waals surface area (Å²) in [6, 6.07) is 5.70.